The van der Waals surface area contributed by atoms with Crippen molar-refractivity contribution in [2.45, 2.75) is 109 Å². The van der Waals surface area contributed by atoms with Gasteiger partial charge in [0.15, 0.2) is 0 Å². The first-order valence-electron chi connectivity index (χ1n) is 10.2. The molecule has 2 aliphatic rings. The molecule has 1 fully saturated rings. The zero-order chi connectivity index (χ0) is 16.7. The van der Waals surface area contributed by atoms with Crippen LogP contribution in [0.4, 0.5) is 0 Å². The Labute approximate surface area is 146 Å². The molecule has 23 heavy (non-hydrogen) atoms. The van der Waals surface area contributed by atoms with Crippen LogP contribution in [0.15, 0.2) is 23.3 Å². The van der Waals surface area contributed by atoms with E-state index in [4.69, 9.17) is 0 Å². The number of nitrogens with one attached hydrogen (secondary N) is 1. The Morgan fingerprint density at radius 1 is 0.783 bits per heavy atom. The fraction of sp³-hybridized carbons (Fsp3) is 0.810. The zero-order valence-corrected chi connectivity index (χ0v) is 17.2. The van der Waals surface area contributed by atoms with Gasteiger partial charge in [-0.15, -0.1) is 0 Å². The predicted molar refractivity (Wildman–Crippen MR) is 107 cm³/mol. The lowest BCUT2D eigenvalue weighted by Gasteiger charge is -2.42. The minimum Gasteiger partial charge on any atom is -0.304 e. The van der Waals surface area contributed by atoms with Crippen LogP contribution < -0.4 is 5.32 Å². The van der Waals surface area contributed by atoms with Gasteiger partial charge in [-0.05, 0) is 26.7 Å². The van der Waals surface area contributed by atoms with Gasteiger partial charge in [0, 0.05) is 11.2 Å². The summed E-state index contributed by atoms with van der Waals surface area (Å²) >= 11 is 0. The van der Waals surface area contributed by atoms with E-state index in [0.29, 0.717) is 11.2 Å². The molecule has 0 heterocycles. The van der Waals surface area contributed by atoms with Crippen LogP contribution >= 0.6 is 0 Å². The van der Waals surface area contributed by atoms with Crippen molar-refractivity contribution < 1.29 is 0 Å². The third-order valence-electron chi connectivity index (χ3n) is 6.30. The molecule has 0 aliphatic heterocycles. The number of hydrogen-bond acceptors (Lipinski definition) is 1. The van der Waals surface area contributed by atoms with E-state index in [-0.39, 0.29) is 0 Å². The van der Waals surface area contributed by atoms with Gasteiger partial charge in [0.25, 0.3) is 0 Å². The number of allylic oxidation sites excluding steroid dienone is 2. The fourth-order valence-corrected chi connectivity index (χ4v) is 6.52. The van der Waals surface area contributed by atoms with Crippen molar-refractivity contribution in [2.24, 2.45) is 0 Å². The third kappa shape index (κ3) is 5.32. The molecule has 0 bridgehead atoms. The van der Waals surface area contributed by atoms with Gasteiger partial charge in [-0.2, -0.15) is 0 Å². The zero-order valence-electron chi connectivity index (χ0n) is 16.1. The second-order valence-corrected chi connectivity index (χ2v) is 11.8. The largest absolute Gasteiger partial charge is 0.304 e. The molecule has 132 valence electrons. The molecule has 2 heteroatoms. The molecule has 0 unspecified atom stereocenters. The summed E-state index contributed by atoms with van der Waals surface area (Å²) in [6, 6.07) is 0.512. The molecule has 0 saturated heterocycles. The van der Waals surface area contributed by atoms with Crippen molar-refractivity contribution in [2.75, 3.05) is 0 Å². The molecule has 1 saturated carbocycles. The highest BCUT2D eigenvalue weighted by Crippen LogP contribution is 2.31. The van der Waals surface area contributed by atoms with Gasteiger partial charge < -0.3 is 5.32 Å². The number of rotatable bonds is 3. The Bertz CT molecular complexity index is 392. The molecule has 1 nitrogen and oxygen atoms in total. The average molecular weight is 334 g/mol. The molecule has 0 aromatic rings. The first-order chi connectivity index (χ1) is 11.1. The summed E-state index contributed by atoms with van der Waals surface area (Å²) in [5, 5.41) is 4.66. The van der Waals surface area contributed by atoms with E-state index in [2.05, 4.69) is 44.4 Å². The molecular weight excluding hydrogens is 294 g/mol. The van der Waals surface area contributed by atoms with Crippen LogP contribution in [0, 0.1) is 0 Å². The summed E-state index contributed by atoms with van der Waals surface area (Å²) in [5.41, 5.74) is 3.03. The van der Waals surface area contributed by atoms with Crippen molar-refractivity contribution in [3.8, 4) is 0 Å². The highest BCUT2D eigenvalue weighted by atomic mass is 28.3. The molecule has 0 aromatic heterocycles. The smallest absolute Gasteiger partial charge is 0.0545 e. The van der Waals surface area contributed by atoms with Gasteiger partial charge in [0.2, 0.25) is 0 Å². The summed E-state index contributed by atoms with van der Waals surface area (Å²) in [7, 11) is -0.774. The minimum absolute atomic E-state index is 0.457. The van der Waals surface area contributed by atoms with Gasteiger partial charge in [0.05, 0.1) is 8.80 Å². The highest BCUT2D eigenvalue weighted by molar-refractivity contribution is 6.59. The molecule has 0 spiro atoms. The Balaban J connectivity index is 2.09. The monoisotopic (exact) mass is 333 g/mol. The van der Waals surface area contributed by atoms with Crippen molar-refractivity contribution in [3.05, 3.63) is 23.3 Å². The van der Waals surface area contributed by atoms with Crippen LogP contribution in [0.2, 0.25) is 13.1 Å². The van der Waals surface area contributed by atoms with Crippen molar-refractivity contribution in [3.63, 3.8) is 0 Å². The maximum absolute atomic E-state index is 4.21. The van der Waals surface area contributed by atoms with Crippen LogP contribution in [0.25, 0.3) is 0 Å². The maximum atomic E-state index is 4.21. The van der Waals surface area contributed by atoms with E-state index in [0.717, 1.165) is 0 Å². The van der Waals surface area contributed by atoms with Crippen LogP contribution in [0.5, 0.6) is 0 Å². The van der Waals surface area contributed by atoms with Crippen LogP contribution in [0.3, 0.4) is 0 Å². The maximum Gasteiger partial charge on any atom is 0.0545 e. The topological polar surface area (TPSA) is 12.0 Å². The average Bonchev–Trinajstić information content (AvgIpc) is 2.81. The van der Waals surface area contributed by atoms with Crippen LogP contribution in [0.1, 0.15) is 84.5 Å². The standard InChI is InChI=1S/C21H39NSi/c1-18-14-15-19(2)20(18)22-21(23(3)4)16-12-10-8-6-5-7-9-11-13-17-21/h14-15,20,22-23H,5-13,16-17H2,1-4H3. The SMILES string of the molecule is CC1=CC=C(C)C1NC1([SiH](C)C)CCCCCCCCCCC1. The summed E-state index contributed by atoms with van der Waals surface area (Å²) in [5.74, 6) is 0. The van der Waals surface area contributed by atoms with Gasteiger partial charge >= 0.3 is 0 Å². The van der Waals surface area contributed by atoms with Crippen molar-refractivity contribution in [1.29, 1.82) is 0 Å². The van der Waals surface area contributed by atoms with E-state index < -0.39 is 8.80 Å². The summed E-state index contributed by atoms with van der Waals surface area (Å²) in [6.45, 7) is 9.75. The molecule has 1 N–H and O–H groups in total. The quantitative estimate of drug-likeness (QED) is 0.632. The summed E-state index contributed by atoms with van der Waals surface area (Å²) < 4.78 is 0. The Morgan fingerprint density at radius 3 is 1.57 bits per heavy atom. The highest BCUT2D eigenvalue weighted by Gasteiger charge is 2.36. The van der Waals surface area contributed by atoms with E-state index in [1.165, 1.54) is 81.8 Å². The van der Waals surface area contributed by atoms with Gasteiger partial charge in [-0.3, -0.25) is 0 Å². The molecule has 0 radical (unpaired) electrons. The lowest BCUT2D eigenvalue weighted by Crippen LogP contribution is -2.58. The second kappa shape index (κ2) is 9.22. The molecule has 0 amide bonds. The molecule has 0 aromatic carbocycles. The third-order valence-corrected chi connectivity index (χ3v) is 9.26. The van der Waals surface area contributed by atoms with E-state index >= 15 is 0 Å². The van der Waals surface area contributed by atoms with Gasteiger partial charge in [0.1, 0.15) is 0 Å². The number of hydrogen-bond donors (Lipinski definition) is 1. The summed E-state index contributed by atoms with van der Waals surface area (Å²) in [6.07, 6.45) is 20.5. The first kappa shape index (κ1) is 19.0. The predicted octanol–water partition coefficient (Wildman–Crippen LogP) is 5.92. The van der Waals surface area contributed by atoms with E-state index in [9.17, 15) is 0 Å². The molecule has 2 rings (SSSR count). The van der Waals surface area contributed by atoms with Crippen LogP contribution in [-0.2, 0) is 0 Å². The Hall–Kier alpha value is -0.343. The lowest BCUT2D eigenvalue weighted by molar-refractivity contribution is 0.340. The van der Waals surface area contributed by atoms with Crippen LogP contribution in [-0.4, -0.2) is 20.0 Å². The Kier molecular flexibility index (Phi) is 7.61. The molecular formula is C21H39NSi. The molecule has 2 aliphatic carbocycles. The second-order valence-electron chi connectivity index (χ2n) is 8.39. The van der Waals surface area contributed by atoms with Crippen molar-refractivity contribution in [1.82, 2.24) is 5.32 Å². The van der Waals surface area contributed by atoms with Gasteiger partial charge in [-0.1, -0.05) is 94.2 Å². The summed E-state index contributed by atoms with van der Waals surface area (Å²) in [4.78, 5) is 0. The van der Waals surface area contributed by atoms with E-state index in [1.807, 2.05) is 0 Å². The molecule has 0 atom stereocenters. The lowest BCUT2D eigenvalue weighted by atomic mass is 9.95. The minimum atomic E-state index is -0.774. The van der Waals surface area contributed by atoms with Gasteiger partial charge in [-0.25, -0.2) is 0 Å². The van der Waals surface area contributed by atoms with E-state index in [1.54, 1.807) is 0 Å². The van der Waals surface area contributed by atoms with Crippen molar-refractivity contribution >= 4 is 8.80 Å². The Morgan fingerprint density at radius 2 is 1.17 bits per heavy atom. The fourth-order valence-electron chi connectivity index (χ4n) is 4.46. The first-order valence-corrected chi connectivity index (χ1v) is 13.1. The normalized spacial score (nSPS) is 24.7.